The molecule has 0 amide bonds. The van der Waals surface area contributed by atoms with Crippen molar-refractivity contribution in [2.75, 3.05) is 20.1 Å². The molecule has 1 aromatic rings. The molecule has 1 aromatic heterocycles. The maximum atomic E-state index is 4.50. The molecule has 1 aliphatic heterocycles. The number of aromatic nitrogens is 2. The standard InChI is InChI=1S/C14H26N4/c1-11-14(12(2)18(4)16-11)10-17(3)13-6-5-8-15-9-7-13/h13,15H,5-10H2,1-4H3. The van der Waals surface area contributed by atoms with Crippen molar-refractivity contribution in [3.05, 3.63) is 17.0 Å². The van der Waals surface area contributed by atoms with Crippen LogP contribution in [-0.2, 0) is 13.6 Å². The zero-order chi connectivity index (χ0) is 13.1. The average molecular weight is 250 g/mol. The van der Waals surface area contributed by atoms with Gasteiger partial charge in [0.05, 0.1) is 5.69 Å². The molecule has 2 rings (SSSR count). The Morgan fingerprint density at radius 3 is 2.78 bits per heavy atom. The van der Waals surface area contributed by atoms with Gasteiger partial charge in [-0.05, 0) is 53.2 Å². The van der Waals surface area contributed by atoms with Gasteiger partial charge in [-0.25, -0.2) is 0 Å². The van der Waals surface area contributed by atoms with Crippen molar-refractivity contribution in [2.24, 2.45) is 7.05 Å². The fourth-order valence-electron chi connectivity index (χ4n) is 2.87. The minimum absolute atomic E-state index is 0.707. The van der Waals surface area contributed by atoms with Crippen molar-refractivity contribution < 1.29 is 0 Å². The van der Waals surface area contributed by atoms with Crippen LogP contribution >= 0.6 is 0 Å². The summed E-state index contributed by atoms with van der Waals surface area (Å²) < 4.78 is 1.99. The number of aryl methyl sites for hydroxylation is 2. The first-order valence-corrected chi connectivity index (χ1v) is 6.99. The van der Waals surface area contributed by atoms with E-state index in [-0.39, 0.29) is 0 Å². The van der Waals surface area contributed by atoms with Crippen molar-refractivity contribution >= 4 is 0 Å². The van der Waals surface area contributed by atoms with Crippen LogP contribution in [0.5, 0.6) is 0 Å². The number of nitrogens with zero attached hydrogens (tertiary/aromatic N) is 3. The van der Waals surface area contributed by atoms with Crippen LogP contribution in [0, 0.1) is 13.8 Å². The van der Waals surface area contributed by atoms with Crippen molar-refractivity contribution in [1.82, 2.24) is 20.0 Å². The second-order valence-electron chi connectivity index (χ2n) is 5.52. The van der Waals surface area contributed by atoms with E-state index in [0.29, 0.717) is 6.04 Å². The summed E-state index contributed by atoms with van der Waals surface area (Å²) in [5.74, 6) is 0. The van der Waals surface area contributed by atoms with E-state index in [9.17, 15) is 0 Å². The largest absolute Gasteiger partial charge is 0.317 e. The van der Waals surface area contributed by atoms with E-state index in [2.05, 4.69) is 36.2 Å². The Morgan fingerprint density at radius 1 is 1.33 bits per heavy atom. The third-order valence-corrected chi connectivity index (χ3v) is 4.23. The molecule has 102 valence electrons. The summed E-state index contributed by atoms with van der Waals surface area (Å²) in [6.45, 7) is 7.63. The molecule has 1 N–H and O–H groups in total. The first-order valence-electron chi connectivity index (χ1n) is 6.99. The van der Waals surface area contributed by atoms with Crippen LogP contribution in [0.1, 0.15) is 36.2 Å². The van der Waals surface area contributed by atoms with Crippen molar-refractivity contribution in [2.45, 2.75) is 45.7 Å². The van der Waals surface area contributed by atoms with Gasteiger partial charge >= 0.3 is 0 Å². The van der Waals surface area contributed by atoms with Gasteiger partial charge in [-0.2, -0.15) is 5.10 Å². The summed E-state index contributed by atoms with van der Waals surface area (Å²) >= 11 is 0. The molecule has 1 aliphatic rings. The fraction of sp³-hybridized carbons (Fsp3) is 0.786. The molecular formula is C14H26N4. The van der Waals surface area contributed by atoms with E-state index in [1.807, 2.05) is 11.7 Å². The maximum Gasteiger partial charge on any atom is 0.0641 e. The van der Waals surface area contributed by atoms with Crippen LogP contribution in [0.3, 0.4) is 0 Å². The molecule has 0 bridgehead atoms. The van der Waals surface area contributed by atoms with Gasteiger partial charge in [-0.3, -0.25) is 9.58 Å². The lowest BCUT2D eigenvalue weighted by Crippen LogP contribution is -2.32. The van der Waals surface area contributed by atoms with E-state index in [4.69, 9.17) is 0 Å². The van der Waals surface area contributed by atoms with Gasteiger partial charge in [0.1, 0.15) is 0 Å². The molecule has 0 aliphatic carbocycles. The quantitative estimate of drug-likeness (QED) is 0.885. The summed E-state index contributed by atoms with van der Waals surface area (Å²) in [5, 5.41) is 7.98. The highest BCUT2D eigenvalue weighted by molar-refractivity contribution is 5.24. The maximum absolute atomic E-state index is 4.50. The second kappa shape index (κ2) is 5.85. The fourth-order valence-corrected chi connectivity index (χ4v) is 2.87. The van der Waals surface area contributed by atoms with Gasteiger partial charge in [0, 0.05) is 30.9 Å². The van der Waals surface area contributed by atoms with Crippen LogP contribution in [-0.4, -0.2) is 40.9 Å². The second-order valence-corrected chi connectivity index (χ2v) is 5.52. The molecule has 4 heteroatoms. The van der Waals surface area contributed by atoms with Crippen LogP contribution in [0.15, 0.2) is 0 Å². The third kappa shape index (κ3) is 2.93. The molecule has 0 spiro atoms. The summed E-state index contributed by atoms with van der Waals surface area (Å²) in [6, 6.07) is 0.707. The van der Waals surface area contributed by atoms with Crippen molar-refractivity contribution in [1.29, 1.82) is 0 Å². The predicted molar refractivity (Wildman–Crippen MR) is 74.7 cm³/mol. The molecule has 0 radical (unpaired) electrons. The highest BCUT2D eigenvalue weighted by Gasteiger charge is 2.19. The molecule has 1 atom stereocenters. The van der Waals surface area contributed by atoms with Crippen LogP contribution < -0.4 is 5.32 Å². The summed E-state index contributed by atoms with van der Waals surface area (Å²) in [5.41, 5.74) is 3.87. The Kier molecular flexibility index (Phi) is 4.40. The molecule has 1 fully saturated rings. The summed E-state index contributed by atoms with van der Waals surface area (Å²) in [7, 11) is 4.28. The Bertz CT molecular complexity index is 389. The van der Waals surface area contributed by atoms with Crippen LogP contribution in [0.25, 0.3) is 0 Å². The molecule has 2 heterocycles. The van der Waals surface area contributed by atoms with E-state index in [1.165, 1.54) is 42.8 Å². The lowest BCUT2D eigenvalue weighted by Gasteiger charge is -2.27. The van der Waals surface area contributed by atoms with E-state index >= 15 is 0 Å². The van der Waals surface area contributed by atoms with Gasteiger partial charge < -0.3 is 5.32 Å². The highest BCUT2D eigenvalue weighted by atomic mass is 15.3. The zero-order valence-corrected chi connectivity index (χ0v) is 12.2. The smallest absolute Gasteiger partial charge is 0.0641 e. The van der Waals surface area contributed by atoms with Crippen LogP contribution in [0.2, 0.25) is 0 Å². The summed E-state index contributed by atoms with van der Waals surface area (Å²) in [4.78, 5) is 2.50. The monoisotopic (exact) mass is 250 g/mol. The average Bonchev–Trinajstić information content (AvgIpc) is 2.58. The topological polar surface area (TPSA) is 33.1 Å². The van der Waals surface area contributed by atoms with Crippen molar-refractivity contribution in [3.63, 3.8) is 0 Å². The minimum atomic E-state index is 0.707. The van der Waals surface area contributed by atoms with E-state index in [0.717, 1.165) is 13.1 Å². The predicted octanol–water partition coefficient (Wildman–Crippen LogP) is 1.61. The minimum Gasteiger partial charge on any atom is -0.317 e. The molecular weight excluding hydrogens is 224 g/mol. The lowest BCUT2D eigenvalue weighted by atomic mass is 10.1. The van der Waals surface area contributed by atoms with Gasteiger partial charge in [0.25, 0.3) is 0 Å². The lowest BCUT2D eigenvalue weighted by molar-refractivity contribution is 0.216. The van der Waals surface area contributed by atoms with E-state index in [1.54, 1.807) is 0 Å². The van der Waals surface area contributed by atoms with Crippen LogP contribution in [0.4, 0.5) is 0 Å². The Hall–Kier alpha value is -0.870. The normalized spacial score (nSPS) is 21.3. The van der Waals surface area contributed by atoms with Gasteiger partial charge in [-0.15, -0.1) is 0 Å². The molecule has 0 aromatic carbocycles. The molecule has 4 nitrogen and oxygen atoms in total. The Labute approximate surface area is 110 Å². The molecule has 18 heavy (non-hydrogen) atoms. The van der Waals surface area contributed by atoms with Gasteiger partial charge in [0.2, 0.25) is 0 Å². The zero-order valence-electron chi connectivity index (χ0n) is 12.2. The first-order chi connectivity index (χ1) is 8.59. The first kappa shape index (κ1) is 13.6. The molecule has 0 saturated carbocycles. The number of hydrogen-bond acceptors (Lipinski definition) is 3. The van der Waals surface area contributed by atoms with Gasteiger partial charge in [0.15, 0.2) is 0 Å². The Balaban J connectivity index is 2.03. The molecule has 1 saturated heterocycles. The van der Waals surface area contributed by atoms with E-state index < -0.39 is 0 Å². The Morgan fingerprint density at radius 2 is 2.11 bits per heavy atom. The number of rotatable bonds is 3. The van der Waals surface area contributed by atoms with Crippen molar-refractivity contribution in [3.8, 4) is 0 Å². The van der Waals surface area contributed by atoms with Gasteiger partial charge in [-0.1, -0.05) is 0 Å². The number of hydrogen-bond donors (Lipinski definition) is 1. The summed E-state index contributed by atoms with van der Waals surface area (Å²) in [6.07, 6.45) is 3.86. The SMILES string of the molecule is Cc1nn(C)c(C)c1CN(C)C1CCCNCC1. The molecule has 1 unspecified atom stereocenters. The highest BCUT2D eigenvalue weighted by Crippen LogP contribution is 2.18. The number of nitrogens with one attached hydrogen (secondary N) is 1. The third-order valence-electron chi connectivity index (χ3n) is 4.23.